The molecule has 0 atom stereocenters. The zero-order valence-corrected chi connectivity index (χ0v) is 8.39. The van der Waals surface area contributed by atoms with Crippen molar-refractivity contribution in [3.05, 3.63) is 22.5 Å². The van der Waals surface area contributed by atoms with E-state index in [1.807, 2.05) is 0 Å². The van der Waals surface area contributed by atoms with Gasteiger partial charge in [-0.05, 0) is 0 Å². The summed E-state index contributed by atoms with van der Waals surface area (Å²) in [5.41, 5.74) is 4.01. The Kier molecular flexibility index (Phi) is 3.41. The highest BCUT2D eigenvalue weighted by Gasteiger charge is 2.25. The molecule has 2 N–H and O–H groups in total. The number of anilines is 1. The van der Waals surface area contributed by atoms with Gasteiger partial charge in [-0.25, -0.2) is 18.6 Å². The summed E-state index contributed by atoms with van der Waals surface area (Å²) in [4.78, 5) is 14.6. The van der Waals surface area contributed by atoms with Crippen molar-refractivity contribution >= 4 is 23.3 Å². The van der Waals surface area contributed by atoms with Gasteiger partial charge >= 0.3 is 5.97 Å². The molecule has 0 aliphatic rings. The molecule has 0 aliphatic heterocycles. The first kappa shape index (κ1) is 11.6. The average Bonchev–Trinajstić information content (AvgIpc) is 2.19. The van der Waals surface area contributed by atoms with Gasteiger partial charge in [-0.1, -0.05) is 11.6 Å². The number of pyridine rings is 1. The summed E-state index contributed by atoms with van der Waals surface area (Å²) in [6.45, 7) is 0. The fourth-order valence-electron chi connectivity index (χ4n) is 1.05. The summed E-state index contributed by atoms with van der Waals surface area (Å²) in [5, 5.41) is -0.459. The van der Waals surface area contributed by atoms with E-state index < -0.39 is 28.7 Å². The van der Waals surface area contributed by atoms with E-state index in [1.165, 1.54) is 0 Å². The largest absolute Gasteiger partial charge is 0.465 e. The van der Waals surface area contributed by atoms with Crippen LogP contribution in [0.5, 0.6) is 0 Å². The maximum Gasteiger partial charge on any atom is 0.340 e. The summed E-state index contributed by atoms with van der Waals surface area (Å²) >= 11 is 5.44. The van der Waals surface area contributed by atoms with E-state index in [4.69, 9.17) is 17.3 Å². The molecule has 0 fully saturated rings. The van der Waals surface area contributed by atoms with Crippen LogP contribution in [0.2, 0.25) is 5.15 Å². The van der Waals surface area contributed by atoms with Gasteiger partial charge in [-0.3, -0.25) is 0 Å². The number of esters is 1. The van der Waals surface area contributed by atoms with Crippen molar-refractivity contribution in [2.24, 2.45) is 0 Å². The molecular formula is C8H7ClF2N2O2. The van der Waals surface area contributed by atoms with E-state index in [9.17, 15) is 13.6 Å². The van der Waals surface area contributed by atoms with Gasteiger partial charge in [0.2, 0.25) is 0 Å². The molecule has 82 valence electrons. The van der Waals surface area contributed by atoms with Gasteiger partial charge in [-0.15, -0.1) is 0 Å². The van der Waals surface area contributed by atoms with E-state index in [1.54, 1.807) is 0 Å². The van der Waals surface area contributed by atoms with Crippen LogP contribution in [0.4, 0.5) is 14.5 Å². The Morgan fingerprint density at radius 3 is 2.73 bits per heavy atom. The van der Waals surface area contributed by atoms with Crippen LogP contribution in [-0.4, -0.2) is 18.1 Å². The van der Waals surface area contributed by atoms with Crippen LogP contribution in [-0.2, 0) is 4.74 Å². The Morgan fingerprint density at radius 2 is 2.27 bits per heavy atom. The third kappa shape index (κ3) is 2.15. The topological polar surface area (TPSA) is 65.2 Å². The van der Waals surface area contributed by atoms with Crippen LogP contribution in [0.15, 0.2) is 6.20 Å². The highest BCUT2D eigenvalue weighted by Crippen LogP contribution is 2.32. The quantitative estimate of drug-likeness (QED) is 0.630. The van der Waals surface area contributed by atoms with Crippen LogP contribution in [0.1, 0.15) is 22.3 Å². The molecule has 0 bridgehead atoms. The molecule has 0 spiro atoms. The highest BCUT2D eigenvalue weighted by molar-refractivity contribution is 6.30. The van der Waals surface area contributed by atoms with Gasteiger partial charge in [-0.2, -0.15) is 0 Å². The number of aromatic nitrogens is 1. The monoisotopic (exact) mass is 236 g/mol. The number of methoxy groups -OCH3 is 1. The van der Waals surface area contributed by atoms with Gasteiger partial charge < -0.3 is 10.5 Å². The Labute approximate surface area is 89.0 Å². The van der Waals surface area contributed by atoms with Crippen molar-refractivity contribution in [3.8, 4) is 0 Å². The normalized spacial score (nSPS) is 10.5. The first-order chi connectivity index (χ1) is 6.99. The van der Waals surface area contributed by atoms with Crippen LogP contribution in [0.25, 0.3) is 0 Å². The fraction of sp³-hybridized carbons (Fsp3) is 0.250. The number of nitrogens with zero attached hydrogens (tertiary/aromatic N) is 1. The van der Waals surface area contributed by atoms with Gasteiger partial charge in [0, 0.05) is 0 Å². The second-order valence-corrected chi connectivity index (χ2v) is 2.94. The molecule has 0 amide bonds. The molecule has 1 rings (SSSR count). The summed E-state index contributed by atoms with van der Waals surface area (Å²) in [6, 6.07) is 0. The maximum atomic E-state index is 12.6. The number of ether oxygens (including phenoxy) is 1. The van der Waals surface area contributed by atoms with Crippen LogP contribution in [0, 0.1) is 0 Å². The lowest BCUT2D eigenvalue weighted by molar-refractivity contribution is 0.0590. The minimum absolute atomic E-state index is 0.193. The van der Waals surface area contributed by atoms with Crippen molar-refractivity contribution in [2.45, 2.75) is 6.43 Å². The standard InChI is InChI=1S/C8H7ClF2N2O2/c1-15-8(14)4-3(12)2-13-6(9)5(4)7(10)11/h2,7H,12H2,1H3. The zero-order valence-electron chi connectivity index (χ0n) is 7.63. The van der Waals surface area contributed by atoms with Gasteiger partial charge in [0.15, 0.2) is 0 Å². The number of rotatable bonds is 2. The lowest BCUT2D eigenvalue weighted by atomic mass is 10.1. The number of nitrogen functional groups attached to an aromatic ring is 1. The van der Waals surface area contributed by atoms with Gasteiger partial charge in [0.05, 0.1) is 30.1 Å². The van der Waals surface area contributed by atoms with Crippen molar-refractivity contribution in [1.82, 2.24) is 4.98 Å². The van der Waals surface area contributed by atoms with E-state index in [0.29, 0.717) is 0 Å². The molecule has 0 unspecified atom stereocenters. The number of nitrogens with two attached hydrogens (primary N) is 1. The molecule has 0 aliphatic carbocycles. The Balaban J connectivity index is 3.45. The minimum Gasteiger partial charge on any atom is -0.465 e. The van der Waals surface area contributed by atoms with Crippen molar-refractivity contribution in [1.29, 1.82) is 0 Å². The van der Waals surface area contributed by atoms with Crippen LogP contribution >= 0.6 is 11.6 Å². The van der Waals surface area contributed by atoms with E-state index in [0.717, 1.165) is 13.3 Å². The van der Waals surface area contributed by atoms with Crippen molar-refractivity contribution in [3.63, 3.8) is 0 Å². The lowest BCUT2D eigenvalue weighted by Crippen LogP contribution is -2.11. The number of carbonyl (C=O) groups is 1. The lowest BCUT2D eigenvalue weighted by Gasteiger charge is -2.10. The Hall–Kier alpha value is -1.43. The van der Waals surface area contributed by atoms with Crippen molar-refractivity contribution in [2.75, 3.05) is 12.8 Å². The summed E-state index contributed by atoms with van der Waals surface area (Å²) in [5.74, 6) is -0.966. The first-order valence-electron chi connectivity index (χ1n) is 3.79. The maximum absolute atomic E-state index is 12.6. The molecule has 7 heteroatoms. The summed E-state index contributed by atoms with van der Waals surface area (Å²) in [7, 11) is 1.06. The minimum atomic E-state index is -2.94. The molecule has 1 heterocycles. The smallest absolute Gasteiger partial charge is 0.340 e. The first-order valence-corrected chi connectivity index (χ1v) is 4.17. The molecular weight excluding hydrogens is 230 g/mol. The molecule has 0 radical (unpaired) electrons. The molecule has 15 heavy (non-hydrogen) atoms. The van der Waals surface area contributed by atoms with E-state index in [-0.39, 0.29) is 5.69 Å². The van der Waals surface area contributed by atoms with E-state index in [2.05, 4.69) is 9.72 Å². The van der Waals surface area contributed by atoms with Crippen LogP contribution < -0.4 is 5.73 Å². The molecule has 0 saturated carbocycles. The van der Waals surface area contributed by atoms with Gasteiger partial charge in [0.1, 0.15) is 5.15 Å². The average molecular weight is 237 g/mol. The van der Waals surface area contributed by atoms with Gasteiger partial charge in [0.25, 0.3) is 6.43 Å². The number of alkyl halides is 2. The zero-order chi connectivity index (χ0) is 11.6. The molecule has 0 saturated heterocycles. The van der Waals surface area contributed by atoms with Crippen LogP contribution in [0.3, 0.4) is 0 Å². The number of halogens is 3. The second kappa shape index (κ2) is 4.39. The van der Waals surface area contributed by atoms with E-state index >= 15 is 0 Å². The molecule has 1 aromatic heterocycles. The predicted octanol–water partition coefficient (Wildman–Crippen LogP) is 2.04. The second-order valence-electron chi connectivity index (χ2n) is 2.59. The number of hydrogen-bond acceptors (Lipinski definition) is 4. The predicted molar refractivity (Wildman–Crippen MR) is 50.0 cm³/mol. The molecule has 1 aromatic rings. The number of hydrogen-bond donors (Lipinski definition) is 1. The molecule has 0 aromatic carbocycles. The fourth-order valence-corrected chi connectivity index (χ4v) is 1.27. The number of carbonyl (C=O) groups excluding carboxylic acids is 1. The molecule has 4 nitrogen and oxygen atoms in total. The van der Waals surface area contributed by atoms with Crippen molar-refractivity contribution < 1.29 is 18.3 Å². The SMILES string of the molecule is COC(=O)c1c(N)cnc(Cl)c1C(F)F. The summed E-state index contributed by atoms with van der Waals surface area (Å²) in [6.07, 6.45) is -1.91. The summed E-state index contributed by atoms with van der Waals surface area (Å²) < 4.78 is 29.5. The third-order valence-corrected chi connectivity index (χ3v) is 2.01. The Morgan fingerprint density at radius 1 is 1.67 bits per heavy atom. The Bertz CT molecular complexity index is 398. The highest BCUT2D eigenvalue weighted by atomic mass is 35.5. The third-order valence-electron chi connectivity index (χ3n) is 1.70.